The van der Waals surface area contributed by atoms with Gasteiger partial charge in [-0.1, -0.05) is 0 Å². The van der Waals surface area contributed by atoms with Crippen LogP contribution in [-0.4, -0.2) is 22.7 Å². The number of hydrogen-bond donors (Lipinski definition) is 1. The Morgan fingerprint density at radius 2 is 2.06 bits per heavy atom. The molecule has 8 heteroatoms. The third kappa shape index (κ3) is 2.31. The highest BCUT2D eigenvalue weighted by Crippen LogP contribution is 2.33. The summed E-state index contributed by atoms with van der Waals surface area (Å²) < 4.78 is 53.8. The summed E-state index contributed by atoms with van der Waals surface area (Å²) in [6.45, 7) is 0.122. The van der Waals surface area contributed by atoms with E-state index in [4.69, 9.17) is 0 Å². The highest BCUT2D eigenvalue weighted by molar-refractivity contribution is 4.93. The van der Waals surface area contributed by atoms with E-state index in [0.29, 0.717) is 6.04 Å². The first-order chi connectivity index (χ1) is 7.50. The molecule has 0 amide bonds. The molecule has 1 fully saturated rings. The van der Waals surface area contributed by atoms with Gasteiger partial charge in [-0.05, 0) is 12.8 Å². The van der Waals surface area contributed by atoms with Crippen molar-refractivity contribution in [3.8, 4) is 0 Å². The number of halogens is 4. The minimum atomic E-state index is -4.38. The summed E-state index contributed by atoms with van der Waals surface area (Å²) in [6.07, 6.45) is -1.83. The maximum atomic E-state index is 12.7. The van der Waals surface area contributed by atoms with E-state index in [1.807, 2.05) is 0 Å². The van der Waals surface area contributed by atoms with E-state index in [0.717, 1.165) is 12.8 Å². The van der Waals surface area contributed by atoms with Crippen LogP contribution in [0.3, 0.4) is 0 Å². The van der Waals surface area contributed by atoms with Gasteiger partial charge < -0.3 is 9.73 Å². The minimum Gasteiger partial charge on any atom is -0.418 e. The van der Waals surface area contributed by atoms with Gasteiger partial charge in [0.15, 0.2) is 0 Å². The lowest BCUT2D eigenvalue weighted by Gasteiger charge is -2.09. The van der Waals surface area contributed by atoms with Crippen LogP contribution in [0.15, 0.2) is 4.42 Å². The van der Waals surface area contributed by atoms with Crippen LogP contribution in [0, 0.1) is 0 Å². The number of aromatic nitrogens is 2. The van der Waals surface area contributed by atoms with E-state index < -0.39 is 18.2 Å². The molecule has 2 rings (SSSR count). The molecule has 0 atom stereocenters. The van der Waals surface area contributed by atoms with E-state index in [9.17, 15) is 17.6 Å². The molecule has 1 N–H and O–H groups in total. The zero-order chi connectivity index (χ0) is 11.8. The maximum Gasteiger partial charge on any atom is 0.382 e. The standard InChI is InChI=1S/C8H9F4N3O/c9-6(10)8(11,12)7-15-14-5(16-7)3-13-4-1-2-4/h4,6,13H,1-3H2. The molecule has 1 aromatic heterocycles. The lowest BCUT2D eigenvalue weighted by Crippen LogP contribution is -2.24. The summed E-state index contributed by atoms with van der Waals surface area (Å²) in [7, 11) is 0. The fraction of sp³-hybridized carbons (Fsp3) is 0.750. The van der Waals surface area contributed by atoms with E-state index in [2.05, 4.69) is 19.9 Å². The van der Waals surface area contributed by atoms with Crippen molar-refractivity contribution >= 4 is 0 Å². The first-order valence-corrected chi connectivity index (χ1v) is 4.72. The number of nitrogens with zero attached hydrogens (tertiary/aromatic N) is 2. The molecule has 0 bridgehead atoms. The van der Waals surface area contributed by atoms with Gasteiger partial charge in [-0.15, -0.1) is 10.2 Å². The average molecular weight is 239 g/mol. The molecular weight excluding hydrogens is 230 g/mol. The van der Waals surface area contributed by atoms with Crippen LogP contribution >= 0.6 is 0 Å². The van der Waals surface area contributed by atoms with Gasteiger partial charge in [0.2, 0.25) is 5.89 Å². The Kier molecular flexibility index (Phi) is 2.83. The number of nitrogens with one attached hydrogen (secondary N) is 1. The molecule has 1 aliphatic rings. The van der Waals surface area contributed by atoms with Gasteiger partial charge in [0.05, 0.1) is 6.54 Å². The van der Waals surface area contributed by atoms with Crippen molar-refractivity contribution in [2.75, 3.05) is 0 Å². The van der Waals surface area contributed by atoms with Crippen molar-refractivity contribution in [3.63, 3.8) is 0 Å². The summed E-state index contributed by atoms with van der Waals surface area (Å²) >= 11 is 0. The Morgan fingerprint density at radius 3 is 2.62 bits per heavy atom. The lowest BCUT2D eigenvalue weighted by atomic mass is 10.3. The third-order valence-electron chi connectivity index (χ3n) is 2.15. The van der Waals surface area contributed by atoms with E-state index >= 15 is 0 Å². The van der Waals surface area contributed by atoms with Crippen LogP contribution in [0.5, 0.6) is 0 Å². The Morgan fingerprint density at radius 1 is 1.38 bits per heavy atom. The second-order valence-corrected chi connectivity index (χ2v) is 3.58. The minimum absolute atomic E-state index is 0.109. The number of alkyl halides is 4. The highest BCUT2D eigenvalue weighted by Gasteiger charge is 2.48. The molecular formula is C8H9F4N3O. The van der Waals surface area contributed by atoms with Gasteiger partial charge in [-0.25, -0.2) is 8.78 Å². The molecule has 1 saturated carbocycles. The van der Waals surface area contributed by atoms with Gasteiger partial charge >= 0.3 is 12.3 Å². The van der Waals surface area contributed by atoms with Gasteiger partial charge in [0.1, 0.15) is 0 Å². The van der Waals surface area contributed by atoms with Gasteiger partial charge in [-0.2, -0.15) is 8.78 Å². The molecule has 16 heavy (non-hydrogen) atoms. The van der Waals surface area contributed by atoms with Crippen molar-refractivity contribution in [1.29, 1.82) is 0 Å². The topological polar surface area (TPSA) is 51.0 Å². The van der Waals surface area contributed by atoms with E-state index in [1.165, 1.54) is 0 Å². The molecule has 4 nitrogen and oxygen atoms in total. The van der Waals surface area contributed by atoms with Crippen molar-refractivity contribution < 1.29 is 22.0 Å². The Balaban J connectivity index is 2.00. The predicted octanol–water partition coefficient (Wildman–Crippen LogP) is 1.68. The fourth-order valence-electron chi connectivity index (χ4n) is 1.07. The zero-order valence-corrected chi connectivity index (χ0v) is 8.09. The van der Waals surface area contributed by atoms with Gasteiger partial charge in [0.25, 0.3) is 5.89 Å². The van der Waals surface area contributed by atoms with Crippen molar-refractivity contribution in [2.24, 2.45) is 0 Å². The normalized spacial score (nSPS) is 17.1. The molecule has 0 aliphatic heterocycles. The zero-order valence-electron chi connectivity index (χ0n) is 8.09. The third-order valence-corrected chi connectivity index (χ3v) is 2.15. The smallest absolute Gasteiger partial charge is 0.382 e. The fourth-order valence-corrected chi connectivity index (χ4v) is 1.07. The lowest BCUT2D eigenvalue weighted by molar-refractivity contribution is -0.151. The second-order valence-electron chi connectivity index (χ2n) is 3.58. The largest absolute Gasteiger partial charge is 0.418 e. The Bertz CT molecular complexity index is 364. The molecule has 0 unspecified atom stereocenters. The molecule has 1 aliphatic carbocycles. The molecule has 90 valence electrons. The summed E-state index contributed by atoms with van der Waals surface area (Å²) in [6, 6.07) is 0.339. The Labute approximate surface area is 88.0 Å². The number of hydrogen-bond acceptors (Lipinski definition) is 4. The first-order valence-electron chi connectivity index (χ1n) is 4.72. The predicted molar refractivity (Wildman–Crippen MR) is 44.1 cm³/mol. The first kappa shape index (κ1) is 11.3. The van der Waals surface area contributed by atoms with Crippen molar-refractivity contribution in [2.45, 2.75) is 37.8 Å². The highest BCUT2D eigenvalue weighted by atomic mass is 19.3. The molecule has 0 spiro atoms. The van der Waals surface area contributed by atoms with Gasteiger partial charge in [0, 0.05) is 6.04 Å². The number of rotatable bonds is 5. The average Bonchev–Trinajstić information content (AvgIpc) is 2.92. The van der Waals surface area contributed by atoms with Crippen molar-refractivity contribution in [3.05, 3.63) is 11.8 Å². The molecule has 0 aromatic carbocycles. The summed E-state index contributed by atoms with van der Waals surface area (Å²) in [5, 5.41) is 9.13. The van der Waals surface area contributed by atoms with Crippen molar-refractivity contribution in [1.82, 2.24) is 15.5 Å². The van der Waals surface area contributed by atoms with E-state index in [-0.39, 0.29) is 12.4 Å². The van der Waals surface area contributed by atoms with Crippen LogP contribution in [-0.2, 0) is 12.5 Å². The van der Waals surface area contributed by atoms with Crippen LogP contribution in [0.2, 0.25) is 0 Å². The van der Waals surface area contributed by atoms with Crippen LogP contribution in [0.4, 0.5) is 17.6 Å². The summed E-state index contributed by atoms with van der Waals surface area (Å²) in [5.41, 5.74) is 0. The molecule has 1 aromatic rings. The van der Waals surface area contributed by atoms with Crippen LogP contribution in [0.1, 0.15) is 24.6 Å². The van der Waals surface area contributed by atoms with Crippen LogP contribution < -0.4 is 5.32 Å². The quantitative estimate of drug-likeness (QED) is 0.794. The summed E-state index contributed by atoms with van der Waals surface area (Å²) in [4.78, 5) is 0. The van der Waals surface area contributed by atoms with Crippen LogP contribution in [0.25, 0.3) is 0 Å². The Hall–Kier alpha value is -1.18. The summed E-state index contributed by atoms with van der Waals surface area (Å²) in [5.74, 6) is -5.83. The molecule has 0 saturated heterocycles. The molecule has 0 radical (unpaired) electrons. The second kappa shape index (κ2) is 4.00. The maximum absolute atomic E-state index is 12.7. The molecule has 1 heterocycles. The SMILES string of the molecule is FC(F)C(F)(F)c1nnc(CNC2CC2)o1. The van der Waals surface area contributed by atoms with E-state index in [1.54, 1.807) is 0 Å². The monoisotopic (exact) mass is 239 g/mol. The van der Waals surface area contributed by atoms with Gasteiger partial charge in [-0.3, -0.25) is 0 Å².